The van der Waals surface area contributed by atoms with Crippen LogP contribution in [0.1, 0.15) is 38.5 Å². The van der Waals surface area contributed by atoms with Gasteiger partial charge in [0.2, 0.25) is 0 Å². The standard InChI is InChI=1S/C15H20Br2S/c16-11-15(9-5-1-2-6-10-15)12-18-14-8-4-3-7-13(14)17/h3-4,7-8H,1-2,5-6,9-12H2. The van der Waals surface area contributed by atoms with Crippen molar-refractivity contribution in [3.05, 3.63) is 28.7 Å². The van der Waals surface area contributed by atoms with Crippen molar-refractivity contribution >= 4 is 43.6 Å². The summed E-state index contributed by atoms with van der Waals surface area (Å²) in [5, 5.41) is 1.15. The van der Waals surface area contributed by atoms with Crippen LogP contribution in [-0.2, 0) is 0 Å². The molecule has 100 valence electrons. The summed E-state index contributed by atoms with van der Waals surface area (Å²) in [5.41, 5.74) is 0.510. The van der Waals surface area contributed by atoms with Crippen LogP contribution in [0.3, 0.4) is 0 Å². The van der Waals surface area contributed by atoms with Gasteiger partial charge in [-0.15, -0.1) is 11.8 Å². The van der Waals surface area contributed by atoms with Crippen LogP contribution < -0.4 is 0 Å². The predicted octanol–water partition coefficient (Wildman–Crippen LogP) is 6.28. The van der Waals surface area contributed by atoms with Crippen molar-refractivity contribution in [3.8, 4) is 0 Å². The first-order chi connectivity index (χ1) is 8.76. The van der Waals surface area contributed by atoms with Gasteiger partial charge in [0, 0.05) is 20.5 Å². The molecule has 0 spiro atoms. The molecule has 0 nitrogen and oxygen atoms in total. The van der Waals surface area contributed by atoms with E-state index in [4.69, 9.17) is 0 Å². The molecule has 1 saturated carbocycles. The normalized spacial score (nSPS) is 19.4. The molecule has 1 aromatic rings. The summed E-state index contributed by atoms with van der Waals surface area (Å²) >= 11 is 9.42. The third-order valence-corrected chi connectivity index (χ3v) is 7.39. The van der Waals surface area contributed by atoms with Gasteiger partial charge in [0.05, 0.1) is 0 Å². The van der Waals surface area contributed by atoms with Gasteiger partial charge in [-0.2, -0.15) is 0 Å². The summed E-state index contributed by atoms with van der Waals surface area (Å²) in [5.74, 6) is 1.24. The van der Waals surface area contributed by atoms with Crippen LogP contribution in [0.5, 0.6) is 0 Å². The van der Waals surface area contributed by atoms with E-state index in [9.17, 15) is 0 Å². The first-order valence-electron chi connectivity index (χ1n) is 6.69. The highest BCUT2D eigenvalue weighted by molar-refractivity contribution is 9.10. The van der Waals surface area contributed by atoms with E-state index >= 15 is 0 Å². The summed E-state index contributed by atoms with van der Waals surface area (Å²) in [6.45, 7) is 0. The maximum atomic E-state index is 3.77. The minimum Gasteiger partial charge on any atom is -0.124 e. The smallest absolute Gasteiger partial charge is 0.0311 e. The van der Waals surface area contributed by atoms with Gasteiger partial charge in [-0.1, -0.05) is 53.7 Å². The number of rotatable bonds is 4. The molecule has 0 bridgehead atoms. The van der Waals surface area contributed by atoms with E-state index < -0.39 is 0 Å². The number of thioether (sulfide) groups is 1. The lowest BCUT2D eigenvalue weighted by molar-refractivity contribution is 0.334. The molecule has 1 aliphatic carbocycles. The lowest BCUT2D eigenvalue weighted by Crippen LogP contribution is -2.25. The average Bonchev–Trinajstić information content (AvgIpc) is 2.64. The van der Waals surface area contributed by atoms with Crippen LogP contribution in [0.15, 0.2) is 33.6 Å². The van der Waals surface area contributed by atoms with Crippen LogP contribution in [0.25, 0.3) is 0 Å². The highest BCUT2D eigenvalue weighted by atomic mass is 79.9. The van der Waals surface area contributed by atoms with Crippen molar-refractivity contribution in [3.63, 3.8) is 0 Å². The van der Waals surface area contributed by atoms with Gasteiger partial charge >= 0.3 is 0 Å². The molecular weight excluding hydrogens is 372 g/mol. The van der Waals surface area contributed by atoms with Gasteiger partial charge < -0.3 is 0 Å². The third-order valence-electron chi connectivity index (χ3n) is 3.82. The number of alkyl halides is 1. The number of hydrogen-bond acceptors (Lipinski definition) is 1. The summed E-state index contributed by atoms with van der Waals surface area (Å²) < 4.78 is 1.23. The molecule has 0 amide bonds. The second kappa shape index (κ2) is 7.35. The summed E-state index contributed by atoms with van der Waals surface area (Å²) in [6.07, 6.45) is 8.43. The van der Waals surface area contributed by atoms with Crippen LogP contribution in [-0.4, -0.2) is 11.1 Å². The van der Waals surface area contributed by atoms with Gasteiger partial charge in [0.1, 0.15) is 0 Å². The van der Waals surface area contributed by atoms with Crippen molar-refractivity contribution in [2.45, 2.75) is 43.4 Å². The summed E-state index contributed by atoms with van der Waals surface area (Å²) in [7, 11) is 0. The molecule has 0 unspecified atom stereocenters. The van der Waals surface area contributed by atoms with Crippen molar-refractivity contribution in [2.75, 3.05) is 11.1 Å². The Bertz CT molecular complexity index is 371. The maximum Gasteiger partial charge on any atom is 0.0311 e. The highest BCUT2D eigenvalue weighted by Crippen LogP contribution is 2.42. The fourth-order valence-electron chi connectivity index (χ4n) is 2.59. The van der Waals surface area contributed by atoms with E-state index in [1.54, 1.807) is 0 Å². The number of benzene rings is 1. The lowest BCUT2D eigenvalue weighted by atomic mass is 9.85. The summed E-state index contributed by atoms with van der Waals surface area (Å²) in [4.78, 5) is 1.38. The average molecular weight is 392 g/mol. The summed E-state index contributed by atoms with van der Waals surface area (Å²) in [6, 6.07) is 8.56. The molecule has 0 aliphatic heterocycles. The Hall–Kier alpha value is 0.530. The molecule has 0 radical (unpaired) electrons. The Kier molecular flexibility index (Phi) is 6.10. The van der Waals surface area contributed by atoms with Crippen molar-refractivity contribution in [2.24, 2.45) is 5.41 Å². The first kappa shape index (κ1) is 14.9. The van der Waals surface area contributed by atoms with Crippen molar-refractivity contribution in [1.82, 2.24) is 0 Å². The second-order valence-corrected chi connectivity index (χ2v) is 7.70. The Morgan fingerprint density at radius 3 is 2.33 bits per heavy atom. The molecule has 1 aromatic carbocycles. The van der Waals surface area contributed by atoms with E-state index in [1.165, 1.54) is 53.6 Å². The third kappa shape index (κ3) is 4.01. The lowest BCUT2D eigenvalue weighted by Gasteiger charge is -2.30. The van der Waals surface area contributed by atoms with E-state index in [-0.39, 0.29) is 0 Å². The predicted molar refractivity (Wildman–Crippen MR) is 88.8 cm³/mol. The molecule has 1 aliphatic rings. The molecular formula is C15H20Br2S. The van der Waals surface area contributed by atoms with Crippen molar-refractivity contribution < 1.29 is 0 Å². The topological polar surface area (TPSA) is 0 Å². The molecule has 0 N–H and O–H groups in total. The van der Waals surface area contributed by atoms with Gasteiger partial charge in [0.25, 0.3) is 0 Å². The van der Waals surface area contributed by atoms with Crippen LogP contribution in [0.2, 0.25) is 0 Å². The number of halogens is 2. The van der Waals surface area contributed by atoms with Gasteiger partial charge in [-0.25, -0.2) is 0 Å². The minimum absolute atomic E-state index is 0.510. The quantitative estimate of drug-likeness (QED) is 0.330. The second-order valence-electron chi connectivity index (χ2n) is 5.27. The van der Waals surface area contributed by atoms with Crippen LogP contribution >= 0.6 is 43.6 Å². The molecule has 2 rings (SSSR count). The Labute approximate surface area is 132 Å². The molecule has 0 aromatic heterocycles. The zero-order valence-corrected chi connectivity index (χ0v) is 14.6. The number of hydrogen-bond donors (Lipinski definition) is 0. The van der Waals surface area contributed by atoms with Gasteiger partial charge in [-0.05, 0) is 46.3 Å². The maximum absolute atomic E-state index is 3.77. The molecule has 0 saturated heterocycles. The fourth-order valence-corrected chi connectivity index (χ4v) is 5.47. The van der Waals surface area contributed by atoms with Crippen LogP contribution in [0, 0.1) is 5.41 Å². The van der Waals surface area contributed by atoms with E-state index in [1.807, 2.05) is 11.8 Å². The fraction of sp³-hybridized carbons (Fsp3) is 0.600. The highest BCUT2D eigenvalue weighted by Gasteiger charge is 2.30. The van der Waals surface area contributed by atoms with Gasteiger partial charge in [0.15, 0.2) is 0 Å². The molecule has 1 fully saturated rings. The molecule has 3 heteroatoms. The molecule has 0 atom stereocenters. The van der Waals surface area contributed by atoms with E-state index in [2.05, 4.69) is 56.1 Å². The van der Waals surface area contributed by atoms with Crippen LogP contribution in [0.4, 0.5) is 0 Å². The first-order valence-corrected chi connectivity index (χ1v) is 9.59. The SMILES string of the molecule is BrCC1(CSc2ccccc2Br)CCCCCC1. The largest absolute Gasteiger partial charge is 0.124 e. The Morgan fingerprint density at radius 2 is 1.72 bits per heavy atom. The van der Waals surface area contributed by atoms with E-state index in [0.717, 1.165) is 5.33 Å². The monoisotopic (exact) mass is 390 g/mol. The molecule has 18 heavy (non-hydrogen) atoms. The molecule has 0 heterocycles. The Balaban J connectivity index is 2.00. The van der Waals surface area contributed by atoms with E-state index in [0.29, 0.717) is 5.41 Å². The van der Waals surface area contributed by atoms with Gasteiger partial charge in [-0.3, -0.25) is 0 Å². The minimum atomic E-state index is 0.510. The Morgan fingerprint density at radius 1 is 1.06 bits per heavy atom. The zero-order chi connectivity index (χ0) is 12.8. The van der Waals surface area contributed by atoms with Crippen molar-refractivity contribution in [1.29, 1.82) is 0 Å². The zero-order valence-electron chi connectivity index (χ0n) is 10.6.